The van der Waals surface area contributed by atoms with E-state index in [0.29, 0.717) is 12.0 Å². The van der Waals surface area contributed by atoms with Crippen LogP contribution in [0.2, 0.25) is 0 Å². The Kier molecular flexibility index (Phi) is 3.68. The molecule has 4 heterocycles. The molecule has 4 aliphatic heterocycles. The number of nitrogens with zero attached hydrogens (tertiary/aromatic N) is 2. The summed E-state index contributed by atoms with van der Waals surface area (Å²) in [6.45, 7) is 6.45. The van der Waals surface area contributed by atoms with Gasteiger partial charge in [-0.05, 0) is 57.5 Å². The van der Waals surface area contributed by atoms with Crippen LogP contribution in [0.25, 0.3) is 0 Å². The third kappa shape index (κ3) is 2.47. The van der Waals surface area contributed by atoms with Crippen LogP contribution in [-0.4, -0.2) is 43.0 Å². The number of nitrogens with one attached hydrogen (secondary N) is 1. The lowest BCUT2D eigenvalue weighted by Crippen LogP contribution is -2.56. The Morgan fingerprint density at radius 3 is 2.70 bits per heavy atom. The van der Waals surface area contributed by atoms with Crippen molar-refractivity contribution in [1.82, 2.24) is 10.3 Å². The molecule has 0 aliphatic carbocycles. The molecule has 1 N–H and O–H groups in total. The Balaban J connectivity index is 1.64. The fourth-order valence-corrected chi connectivity index (χ4v) is 4.15. The first kappa shape index (κ1) is 14.8. The molecule has 0 spiro atoms. The van der Waals surface area contributed by atoms with Gasteiger partial charge in [-0.15, -0.1) is 0 Å². The highest BCUT2D eigenvalue weighted by atomic mass is 16.5. The summed E-state index contributed by atoms with van der Waals surface area (Å²) in [6.07, 6.45) is 2.64. The van der Waals surface area contributed by atoms with Crippen molar-refractivity contribution in [3.8, 4) is 11.5 Å². The second-order valence-electron chi connectivity index (χ2n) is 6.98. The summed E-state index contributed by atoms with van der Waals surface area (Å²) in [5.74, 6) is 2.27. The predicted octanol–water partition coefficient (Wildman–Crippen LogP) is 2.58. The largest absolute Gasteiger partial charge is 0.493 e. The number of methoxy groups -OCH3 is 1. The molecule has 1 aromatic rings. The van der Waals surface area contributed by atoms with Gasteiger partial charge in [0.25, 0.3) is 0 Å². The van der Waals surface area contributed by atoms with E-state index in [2.05, 4.69) is 27.6 Å². The smallest absolute Gasteiger partial charge is 0.161 e. The van der Waals surface area contributed by atoms with Crippen LogP contribution in [0.3, 0.4) is 0 Å². The highest BCUT2D eigenvalue weighted by Gasteiger charge is 2.46. The van der Waals surface area contributed by atoms with E-state index in [9.17, 15) is 0 Å². The molecule has 5 nitrogen and oxygen atoms in total. The molecule has 124 valence electrons. The van der Waals surface area contributed by atoms with Gasteiger partial charge in [0, 0.05) is 5.92 Å². The van der Waals surface area contributed by atoms with Crippen molar-refractivity contribution in [3.63, 3.8) is 0 Å². The minimum Gasteiger partial charge on any atom is -0.493 e. The molecule has 2 bridgehead atoms. The van der Waals surface area contributed by atoms with Crippen LogP contribution in [0.4, 0.5) is 0 Å². The van der Waals surface area contributed by atoms with Crippen LogP contribution >= 0.6 is 0 Å². The molecule has 0 amide bonds. The molecule has 5 rings (SSSR count). The second kappa shape index (κ2) is 5.71. The van der Waals surface area contributed by atoms with E-state index in [-0.39, 0.29) is 12.1 Å². The molecule has 0 saturated carbocycles. The number of hydrogen-bond donors (Lipinski definition) is 1. The van der Waals surface area contributed by atoms with Gasteiger partial charge in [0.1, 0.15) is 0 Å². The standard InChI is InChI=1S/C18H25N3O2/c1-11(2)23-15-10-13(4-5-14(15)22-3)17-18-16(19-20-17)12-6-8-21(18)9-7-12/h4-5,10-12,17-18,20H,6-9H2,1-3H3. The fraction of sp³-hybridized carbons (Fsp3) is 0.611. The molecule has 3 saturated heterocycles. The number of fused-ring (bicyclic) bond motifs is 2. The second-order valence-corrected chi connectivity index (χ2v) is 6.98. The normalized spacial score (nSPS) is 31.6. The molecular formula is C18H25N3O2. The molecule has 0 radical (unpaired) electrons. The van der Waals surface area contributed by atoms with Crippen molar-refractivity contribution in [2.75, 3.05) is 20.2 Å². The van der Waals surface area contributed by atoms with E-state index in [1.165, 1.54) is 37.2 Å². The Morgan fingerprint density at radius 2 is 2.00 bits per heavy atom. The van der Waals surface area contributed by atoms with E-state index in [4.69, 9.17) is 9.47 Å². The van der Waals surface area contributed by atoms with Crippen LogP contribution < -0.4 is 14.9 Å². The first-order chi connectivity index (χ1) is 11.2. The lowest BCUT2D eigenvalue weighted by Gasteiger charge is -2.45. The quantitative estimate of drug-likeness (QED) is 0.927. The number of hydrogen-bond acceptors (Lipinski definition) is 5. The summed E-state index contributed by atoms with van der Waals surface area (Å²) in [5.41, 5.74) is 5.96. The SMILES string of the molecule is COc1ccc(C2NN=C3C4CCN(CC4)C32)cc1OC(C)C. The van der Waals surface area contributed by atoms with Gasteiger partial charge in [0.15, 0.2) is 11.5 Å². The lowest BCUT2D eigenvalue weighted by atomic mass is 9.78. The van der Waals surface area contributed by atoms with Gasteiger partial charge >= 0.3 is 0 Å². The molecule has 4 aliphatic rings. The summed E-state index contributed by atoms with van der Waals surface area (Å²) < 4.78 is 11.4. The summed E-state index contributed by atoms with van der Waals surface area (Å²) in [5, 5.41) is 4.68. The van der Waals surface area contributed by atoms with Crippen LogP contribution in [0.15, 0.2) is 23.3 Å². The van der Waals surface area contributed by atoms with Crippen LogP contribution in [0.1, 0.15) is 38.3 Å². The van der Waals surface area contributed by atoms with Crippen LogP contribution in [0.5, 0.6) is 11.5 Å². The zero-order valence-corrected chi connectivity index (χ0v) is 14.1. The Hall–Kier alpha value is -1.75. The minimum atomic E-state index is 0.122. The monoisotopic (exact) mass is 315 g/mol. The first-order valence-corrected chi connectivity index (χ1v) is 8.59. The Morgan fingerprint density at radius 1 is 1.22 bits per heavy atom. The highest BCUT2D eigenvalue weighted by Crippen LogP contribution is 2.40. The fourth-order valence-electron chi connectivity index (χ4n) is 4.15. The van der Waals surface area contributed by atoms with Crippen molar-refractivity contribution < 1.29 is 9.47 Å². The van der Waals surface area contributed by atoms with Crippen molar-refractivity contribution in [2.45, 2.75) is 44.9 Å². The van der Waals surface area contributed by atoms with E-state index < -0.39 is 0 Å². The summed E-state index contributed by atoms with van der Waals surface area (Å²) in [4.78, 5) is 2.58. The van der Waals surface area contributed by atoms with Gasteiger partial charge in [-0.25, -0.2) is 0 Å². The topological polar surface area (TPSA) is 46.1 Å². The van der Waals surface area contributed by atoms with Crippen LogP contribution in [-0.2, 0) is 0 Å². The average molecular weight is 315 g/mol. The molecule has 23 heavy (non-hydrogen) atoms. The number of ether oxygens (including phenoxy) is 2. The summed E-state index contributed by atoms with van der Waals surface area (Å²) in [7, 11) is 1.68. The number of piperidine rings is 3. The predicted molar refractivity (Wildman–Crippen MR) is 90.2 cm³/mol. The van der Waals surface area contributed by atoms with Gasteiger partial charge in [-0.1, -0.05) is 6.07 Å². The molecular weight excluding hydrogens is 290 g/mol. The number of hydrazone groups is 1. The third-order valence-electron chi connectivity index (χ3n) is 5.20. The van der Waals surface area contributed by atoms with Gasteiger partial charge < -0.3 is 14.9 Å². The van der Waals surface area contributed by atoms with Crippen molar-refractivity contribution in [1.29, 1.82) is 0 Å². The van der Waals surface area contributed by atoms with Crippen LogP contribution in [0, 0.1) is 5.92 Å². The summed E-state index contributed by atoms with van der Waals surface area (Å²) in [6, 6.07) is 6.86. The van der Waals surface area contributed by atoms with E-state index >= 15 is 0 Å². The van der Waals surface area contributed by atoms with Gasteiger partial charge in [-0.2, -0.15) is 5.10 Å². The van der Waals surface area contributed by atoms with Gasteiger partial charge in [0.05, 0.1) is 31.0 Å². The molecule has 2 atom stereocenters. The zero-order valence-electron chi connectivity index (χ0n) is 14.1. The molecule has 5 heteroatoms. The third-order valence-corrected chi connectivity index (χ3v) is 5.20. The lowest BCUT2D eigenvalue weighted by molar-refractivity contribution is 0.133. The van der Waals surface area contributed by atoms with E-state index in [0.717, 1.165) is 11.5 Å². The average Bonchev–Trinajstić information content (AvgIpc) is 3.02. The molecule has 2 unspecified atom stereocenters. The van der Waals surface area contributed by atoms with E-state index in [1.807, 2.05) is 19.9 Å². The van der Waals surface area contributed by atoms with E-state index in [1.54, 1.807) is 7.11 Å². The number of rotatable bonds is 4. The van der Waals surface area contributed by atoms with Crippen molar-refractivity contribution in [3.05, 3.63) is 23.8 Å². The Bertz CT molecular complexity index is 621. The first-order valence-electron chi connectivity index (χ1n) is 8.59. The molecule has 0 aromatic heterocycles. The van der Waals surface area contributed by atoms with Gasteiger partial charge in [0.2, 0.25) is 0 Å². The molecule has 3 fully saturated rings. The van der Waals surface area contributed by atoms with Gasteiger partial charge in [-0.3, -0.25) is 4.90 Å². The maximum atomic E-state index is 5.93. The minimum absolute atomic E-state index is 0.122. The molecule has 1 aromatic carbocycles. The Labute approximate surface area is 137 Å². The zero-order chi connectivity index (χ0) is 16.0. The van der Waals surface area contributed by atoms with Crippen molar-refractivity contribution >= 4 is 5.71 Å². The highest BCUT2D eigenvalue weighted by molar-refractivity contribution is 5.95. The summed E-state index contributed by atoms with van der Waals surface area (Å²) >= 11 is 0. The maximum absolute atomic E-state index is 5.93. The van der Waals surface area contributed by atoms with Crippen molar-refractivity contribution in [2.24, 2.45) is 11.0 Å². The number of benzene rings is 1. The maximum Gasteiger partial charge on any atom is 0.161 e.